The van der Waals surface area contributed by atoms with Crippen LogP contribution in [0.2, 0.25) is 0 Å². The molecule has 0 aromatic carbocycles. The van der Waals surface area contributed by atoms with Gasteiger partial charge in [0.25, 0.3) is 0 Å². The molecule has 0 aromatic rings. The van der Waals surface area contributed by atoms with Crippen LogP contribution in [0.15, 0.2) is 0 Å². The van der Waals surface area contributed by atoms with Crippen LogP contribution >= 0.6 is 0 Å². The van der Waals surface area contributed by atoms with Crippen LogP contribution in [-0.4, -0.2) is 11.7 Å². The maximum Gasteiger partial charge on any atom is 0.0459 e. The molecule has 0 aliphatic heterocycles. The molecule has 0 aliphatic carbocycles. The Morgan fingerprint density at radius 2 is 2.10 bits per heavy atom. The molecule has 1 N–H and O–H groups in total. The molecule has 0 saturated heterocycles. The minimum absolute atomic E-state index is 0. The molecular weight excluding hydrogens is 177 g/mol. The number of aliphatic hydroxyl groups excluding tert-OH is 1. The Labute approximate surface area is 77.0 Å². The number of unbranched alkanes of at least 4 members (excludes halogenated alkanes) is 1. The average molecular weight is 195 g/mol. The summed E-state index contributed by atoms with van der Waals surface area (Å²) in [6, 6.07) is 0. The van der Waals surface area contributed by atoms with Crippen LogP contribution in [0.3, 0.4) is 0 Å². The molecule has 0 radical (unpaired) electrons. The van der Waals surface area contributed by atoms with Crippen LogP contribution in [0, 0.1) is 12.8 Å². The van der Waals surface area contributed by atoms with Crippen molar-refractivity contribution in [3.63, 3.8) is 0 Å². The Morgan fingerprint density at radius 1 is 1.50 bits per heavy atom. The van der Waals surface area contributed by atoms with Gasteiger partial charge in [-0.05, 0) is 5.92 Å². The smallest absolute Gasteiger partial charge is 0.0459 e. The molecule has 1 unspecified atom stereocenters. The molecule has 0 rings (SSSR count). The Bertz CT molecular complexity index is 53.2. The van der Waals surface area contributed by atoms with E-state index in [1.54, 1.807) is 0 Å². The van der Waals surface area contributed by atoms with Gasteiger partial charge in [-0.15, -0.1) is 0 Å². The van der Waals surface area contributed by atoms with Crippen LogP contribution in [0.4, 0.5) is 0 Å². The summed E-state index contributed by atoms with van der Waals surface area (Å²) in [6.45, 7) is 6.20. The molecule has 2 heteroatoms. The Morgan fingerprint density at radius 3 is 2.40 bits per heavy atom. The topological polar surface area (TPSA) is 20.2 Å². The van der Waals surface area contributed by atoms with E-state index in [1.165, 1.54) is 0 Å². The zero-order valence-electron chi connectivity index (χ0n) is 6.97. The van der Waals surface area contributed by atoms with Gasteiger partial charge in [-0.2, -0.15) is 6.42 Å². The molecular formula is C8H17OZn-. The van der Waals surface area contributed by atoms with Crippen LogP contribution < -0.4 is 0 Å². The first-order valence-electron chi connectivity index (χ1n) is 3.75. The molecule has 1 nitrogen and oxygen atoms in total. The van der Waals surface area contributed by atoms with E-state index < -0.39 is 0 Å². The third-order valence-electron chi connectivity index (χ3n) is 1.70. The molecule has 0 amide bonds. The predicted octanol–water partition coefficient (Wildman–Crippen LogP) is 2.01. The standard InChI is InChI=1S/C8H17O.Zn/c1-3-5-6-8(4-2)7-9;/h8-9H,1,3-7H2,2H3;/q-1;. The number of hydrogen-bond acceptors (Lipinski definition) is 1. The van der Waals surface area contributed by atoms with E-state index >= 15 is 0 Å². The van der Waals surface area contributed by atoms with Crippen molar-refractivity contribution in [2.75, 3.05) is 6.61 Å². The minimum Gasteiger partial charge on any atom is -0.396 e. The Hall–Kier alpha value is 0.583. The van der Waals surface area contributed by atoms with E-state index in [1.807, 2.05) is 0 Å². The molecule has 1 atom stereocenters. The van der Waals surface area contributed by atoms with Crippen molar-refractivity contribution in [3.8, 4) is 0 Å². The van der Waals surface area contributed by atoms with Crippen molar-refractivity contribution in [3.05, 3.63) is 6.92 Å². The van der Waals surface area contributed by atoms with Crippen LogP contribution in [0.1, 0.15) is 32.6 Å². The fraction of sp³-hybridized carbons (Fsp3) is 0.875. The van der Waals surface area contributed by atoms with E-state index in [4.69, 9.17) is 5.11 Å². The van der Waals surface area contributed by atoms with Gasteiger partial charge in [0.05, 0.1) is 0 Å². The van der Waals surface area contributed by atoms with Gasteiger partial charge >= 0.3 is 0 Å². The number of aliphatic hydroxyl groups is 1. The molecule has 0 saturated carbocycles. The van der Waals surface area contributed by atoms with E-state index in [-0.39, 0.29) is 19.5 Å². The normalized spacial score (nSPS) is 12.3. The fourth-order valence-electron chi connectivity index (χ4n) is 0.858. The second kappa shape index (κ2) is 9.58. The van der Waals surface area contributed by atoms with Gasteiger partial charge in [0.2, 0.25) is 0 Å². The van der Waals surface area contributed by atoms with Gasteiger partial charge in [-0.1, -0.05) is 26.2 Å². The summed E-state index contributed by atoms with van der Waals surface area (Å²) in [5.74, 6) is 0.520. The second-order valence-corrected chi connectivity index (χ2v) is 2.45. The van der Waals surface area contributed by atoms with Crippen LogP contribution in [0.5, 0.6) is 0 Å². The molecule has 0 heterocycles. The molecule has 0 aromatic heterocycles. The molecule has 0 aliphatic rings. The van der Waals surface area contributed by atoms with E-state index in [9.17, 15) is 0 Å². The molecule has 0 fully saturated rings. The maximum absolute atomic E-state index is 8.73. The SMILES string of the molecule is [CH2-]CCCC(CC)CO.[Zn]. The summed E-state index contributed by atoms with van der Waals surface area (Å²) >= 11 is 0. The van der Waals surface area contributed by atoms with Gasteiger partial charge in [0.15, 0.2) is 0 Å². The molecule has 0 bridgehead atoms. The van der Waals surface area contributed by atoms with E-state index in [0.717, 1.165) is 25.7 Å². The zero-order chi connectivity index (χ0) is 7.11. The third kappa shape index (κ3) is 6.70. The molecule has 10 heavy (non-hydrogen) atoms. The number of rotatable bonds is 5. The first-order chi connectivity index (χ1) is 4.35. The van der Waals surface area contributed by atoms with Gasteiger partial charge in [-0.25, -0.2) is 0 Å². The first kappa shape index (κ1) is 13.2. The van der Waals surface area contributed by atoms with Gasteiger partial charge in [-0.3, -0.25) is 0 Å². The summed E-state index contributed by atoms with van der Waals surface area (Å²) in [5.41, 5.74) is 0. The van der Waals surface area contributed by atoms with Crippen molar-refractivity contribution in [2.45, 2.75) is 32.6 Å². The predicted molar refractivity (Wildman–Crippen MR) is 40.1 cm³/mol. The largest absolute Gasteiger partial charge is 0.396 e. The average Bonchev–Trinajstić information content (AvgIpc) is 1.91. The van der Waals surface area contributed by atoms with Gasteiger partial charge in [0.1, 0.15) is 0 Å². The first-order valence-corrected chi connectivity index (χ1v) is 3.75. The van der Waals surface area contributed by atoms with Crippen molar-refractivity contribution in [2.24, 2.45) is 5.92 Å². The quantitative estimate of drug-likeness (QED) is 0.524. The minimum atomic E-state index is 0. The zero-order valence-corrected chi connectivity index (χ0v) is 9.94. The Kier molecular flexibility index (Phi) is 12.6. The summed E-state index contributed by atoms with van der Waals surface area (Å²) in [7, 11) is 0. The monoisotopic (exact) mass is 193 g/mol. The third-order valence-corrected chi connectivity index (χ3v) is 1.70. The number of hydrogen-bond donors (Lipinski definition) is 1. The van der Waals surface area contributed by atoms with Gasteiger partial charge < -0.3 is 12.0 Å². The van der Waals surface area contributed by atoms with Gasteiger partial charge in [0, 0.05) is 26.1 Å². The van der Waals surface area contributed by atoms with Crippen LogP contribution in [0.25, 0.3) is 0 Å². The fourth-order valence-corrected chi connectivity index (χ4v) is 0.858. The van der Waals surface area contributed by atoms with Crippen molar-refractivity contribution in [1.82, 2.24) is 0 Å². The van der Waals surface area contributed by atoms with Crippen molar-refractivity contribution >= 4 is 0 Å². The summed E-state index contributed by atoms with van der Waals surface area (Å²) in [6.07, 6.45) is 4.38. The van der Waals surface area contributed by atoms with Crippen molar-refractivity contribution < 1.29 is 24.6 Å². The van der Waals surface area contributed by atoms with E-state index in [0.29, 0.717) is 12.5 Å². The van der Waals surface area contributed by atoms with E-state index in [2.05, 4.69) is 13.8 Å². The Balaban J connectivity index is 0. The maximum atomic E-state index is 8.73. The molecule has 58 valence electrons. The van der Waals surface area contributed by atoms with Crippen molar-refractivity contribution in [1.29, 1.82) is 0 Å². The molecule has 0 spiro atoms. The summed E-state index contributed by atoms with van der Waals surface area (Å²) in [4.78, 5) is 0. The summed E-state index contributed by atoms with van der Waals surface area (Å²) in [5, 5.41) is 8.73. The summed E-state index contributed by atoms with van der Waals surface area (Å²) < 4.78 is 0. The second-order valence-electron chi connectivity index (χ2n) is 2.45. The van der Waals surface area contributed by atoms with Crippen LogP contribution in [-0.2, 0) is 19.5 Å².